The topological polar surface area (TPSA) is 81.4 Å². The molecule has 1 amide bonds. The van der Waals surface area contributed by atoms with E-state index in [1.807, 2.05) is 0 Å². The average Bonchev–Trinajstić information content (AvgIpc) is 2.26. The van der Waals surface area contributed by atoms with Crippen molar-refractivity contribution in [2.45, 2.75) is 6.92 Å². The van der Waals surface area contributed by atoms with Crippen LogP contribution in [0.5, 0.6) is 0 Å². The number of carbonyl (C=O) groups is 2. The third kappa shape index (κ3) is 3.96. The van der Waals surface area contributed by atoms with Crippen LogP contribution in [0.1, 0.15) is 17.3 Å². The summed E-state index contributed by atoms with van der Waals surface area (Å²) in [6.45, 7) is 1.94. The van der Waals surface area contributed by atoms with Crippen LogP contribution in [0.3, 0.4) is 0 Å². The van der Waals surface area contributed by atoms with Gasteiger partial charge in [0, 0.05) is 17.3 Å². The maximum absolute atomic E-state index is 11.6. The number of carbonyl (C=O) groups excluding carboxylic acids is 2. The highest BCUT2D eigenvalue weighted by Crippen LogP contribution is 2.18. The van der Waals surface area contributed by atoms with Crippen LogP contribution < -0.4 is 11.1 Å². The Morgan fingerprint density at radius 3 is 2.76 bits per heavy atom. The molecule has 0 aliphatic carbocycles. The van der Waals surface area contributed by atoms with Crippen LogP contribution in [0, 0.1) is 0 Å². The molecule has 3 N–H and O–H groups in total. The van der Waals surface area contributed by atoms with Gasteiger partial charge in [-0.3, -0.25) is 4.79 Å². The van der Waals surface area contributed by atoms with E-state index in [0.717, 1.165) is 0 Å². The van der Waals surface area contributed by atoms with Crippen molar-refractivity contribution in [3.8, 4) is 0 Å². The molecular weight excluding hydrogens is 244 g/mol. The Labute approximate surface area is 104 Å². The summed E-state index contributed by atoms with van der Waals surface area (Å²) in [5.74, 6) is -1.00. The summed E-state index contributed by atoms with van der Waals surface area (Å²) in [5, 5.41) is 2.94. The van der Waals surface area contributed by atoms with Crippen molar-refractivity contribution in [1.29, 1.82) is 0 Å². The minimum atomic E-state index is -0.648. The van der Waals surface area contributed by atoms with Gasteiger partial charge in [-0.2, -0.15) is 0 Å². The lowest BCUT2D eigenvalue weighted by molar-refractivity contribution is -0.124. The summed E-state index contributed by atoms with van der Waals surface area (Å²) in [4.78, 5) is 22.6. The van der Waals surface area contributed by atoms with Gasteiger partial charge in [0.05, 0.1) is 5.56 Å². The molecule has 0 bridgehead atoms. The molecule has 0 unspecified atom stereocenters. The molecule has 0 aliphatic heterocycles. The van der Waals surface area contributed by atoms with E-state index in [0.29, 0.717) is 11.6 Å². The SMILES string of the molecule is CCNC(=O)COC(=O)c1ccc(Cl)cc1N. The Bertz CT molecular complexity index is 435. The second-order valence-electron chi connectivity index (χ2n) is 3.26. The van der Waals surface area contributed by atoms with Gasteiger partial charge >= 0.3 is 5.97 Å². The van der Waals surface area contributed by atoms with Gasteiger partial charge in [0.1, 0.15) is 0 Å². The molecule has 0 saturated carbocycles. The highest BCUT2D eigenvalue weighted by atomic mass is 35.5. The number of nitrogens with one attached hydrogen (secondary N) is 1. The van der Waals surface area contributed by atoms with Gasteiger partial charge in [0.15, 0.2) is 6.61 Å². The lowest BCUT2D eigenvalue weighted by atomic mass is 10.2. The first-order valence-corrected chi connectivity index (χ1v) is 5.41. The maximum atomic E-state index is 11.6. The summed E-state index contributed by atoms with van der Waals surface area (Å²) in [6.07, 6.45) is 0. The fourth-order valence-corrected chi connectivity index (χ4v) is 1.36. The molecule has 0 atom stereocenters. The number of hydrogen-bond acceptors (Lipinski definition) is 4. The molecular formula is C11H13ClN2O3. The van der Waals surface area contributed by atoms with Crippen LogP contribution in [0.25, 0.3) is 0 Å². The van der Waals surface area contributed by atoms with Gasteiger partial charge in [-0.1, -0.05) is 11.6 Å². The van der Waals surface area contributed by atoms with Gasteiger partial charge in [-0.05, 0) is 25.1 Å². The smallest absolute Gasteiger partial charge is 0.340 e. The molecule has 0 spiro atoms. The van der Waals surface area contributed by atoms with E-state index in [1.165, 1.54) is 18.2 Å². The predicted molar refractivity (Wildman–Crippen MR) is 64.8 cm³/mol. The van der Waals surface area contributed by atoms with Crippen LogP contribution in [0.4, 0.5) is 5.69 Å². The fourth-order valence-electron chi connectivity index (χ4n) is 1.18. The van der Waals surface area contributed by atoms with E-state index in [4.69, 9.17) is 22.1 Å². The molecule has 17 heavy (non-hydrogen) atoms. The standard InChI is InChI=1S/C11H13ClN2O3/c1-2-14-10(15)6-17-11(16)8-4-3-7(12)5-9(8)13/h3-5H,2,6,13H2,1H3,(H,14,15). The number of nitrogens with two attached hydrogens (primary N) is 1. The van der Waals surface area contributed by atoms with Crippen LogP contribution in [-0.2, 0) is 9.53 Å². The van der Waals surface area contributed by atoms with E-state index >= 15 is 0 Å². The quantitative estimate of drug-likeness (QED) is 0.627. The first-order valence-electron chi connectivity index (χ1n) is 5.03. The molecule has 1 aromatic rings. The second kappa shape index (κ2) is 6.10. The predicted octanol–water partition coefficient (Wildman–Crippen LogP) is 1.22. The minimum absolute atomic E-state index is 0.193. The third-order valence-corrected chi connectivity index (χ3v) is 2.18. The van der Waals surface area contributed by atoms with E-state index in [1.54, 1.807) is 6.92 Å². The number of anilines is 1. The van der Waals surface area contributed by atoms with Crippen LogP contribution >= 0.6 is 11.6 Å². The van der Waals surface area contributed by atoms with Crippen molar-refractivity contribution < 1.29 is 14.3 Å². The van der Waals surface area contributed by atoms with E-state index in [9.17, 15) is 9.59 Å². The molecule has 0 aromatic heterocycles. The molecule has 0 saturated heterocycles. The van der Waals surface area contributed by atoms with Gasteiger partial charge in [0.25, 0.3) is 5.91 Å². The number of likely N-dealkylation sites (N-methyl/N-ethyl adjacent to an activating group) is 1. The van der Waals surface area contributed by atoms with Gasteiger partial charge < -0.3 is 15.8 Å². The first-order chi connectivity index (χ1) is 8.04. The molecule has 92 valence electrons. The van der Waals surface area contributed by atoms with Crippen molar-refractivity contribution in [2.75, 3.05) is 18.9 Å². The number of amides is 1. The summed E-state index contributed by atoms with van der Waals surface area (Å²) in [7, 11) is 0. The molecule has 0 radical (unpaired) electrons. The third-order valence-electron chi connectivity index (χ3n) is 1.94. The highest BCUT2D eigenvalue weighted by molar-refractivity contribution is 6.31. The normalized spacial score (nSPS) is 9.76. The zero-order valence-electron chi connectivity index (χ0n) is 9.33. The summed E-state index contributed by atoms with van der Waals surface area (Å²) in [6, 6.07) is 4.43. The summed E-state index contributed by atoms with van der Waals surface area (Å²) < 4.78 is 4.79. The zero-order chi connectivity index (χ0) is 12.8. The summed E-state index contributed by atoms with van der Waals surface area (Å²) >= 11 is 5.69. The van der Waals surface area contributed by atoms with Crippen molar-refractivity contribution in [2.24, 2.45) is 0 Å². The van der Waals surface area contributed by atoms with Gasteiger partial charge in [-0.15, -0.1) is 0 Å². The number of benzene rings is 1. The summed E-state index contributed by atoms with van der Waals surface area (Å²) in [5.41, 5.74) is 6.02. The molecule has 5 nitrogen and oxygen atoms in total. The number of halogens is 1. The van der Waals surface area contributed by atoms with Crippen molar-refractivity contribution in [3.05, 3.63) is 28.8 Å². The first kappa shape index (κ1) is 13.3. The molecule has 1 rings (SSSR count). The number of rotatable bonds is 4. The van der Waals surface area contributed by atoms with Gasteiger partial charge in [-0.25, -0.2) is 4.79 Å². The lowest BCUT2D eigenvalue weighted by Crippen LogP contribution is -2.28. The monoisotopic (exact) mass is 256 g/mol. The number of esters is 1. The molecule has 0 fully saturated rings. The molecule has 6 heteroatoms. The largest absolute Gasteiger partial charge is 0.452 e. The molecule has 0 heterocycles. The van der Waals surface area contributed by atoms with Gasteiger partial charge in [0.2, 0.25) is 0 Å². The van der Waals surface area contributed by atoms with E-state index in [-0.39, 0.29) is 23.8 Å². The van der Waals surface area contributed by atoms with Crippen molar-refractivity contribution in [3.63, 3.8) is 0 Å². The molecule has 0 aliphatic rings. The Morgan fingerprint density at radius 1 is 1.47 bits per heavy atom. The minimum Gasteiger partial charge on any atom is -0.452 e. The molecule has 1 aromatic carbocycles. The van der Waals surface area contributed by atoms with Crippen LogP contribution in [-0.4, -0.2) is 25.0 Å². The highest BCUT2D eigenvalue weighted by Gasteiger charge is 2.12. The number of ether oxygens (including phenoxy) is 1. The van der Waals surface area contributed by atoms with E-state index in [2.05, 4.69) is 5.32 Å². The van der Waals surface area contributed by atoms with Crippen LogP contribution in [0.15, 0.2) is 18.2 Å². The maximum Gasteiger partial charge on any atom is 0.340 e. The lowest BCUT2D eigenvalue weighted by Gasteiger charge is -2.07. The zero-order valence-corrected chi connectivity index (χ0v) is 10.1. The van der Waals surface area contributed by atoms with Crippen molar-refractivity contribution in [1.82, 2.24) is 5.32 Å². The fraction of sp³-hybridized carbons (Fsp3) is 0.273. The second-order valence-corrected chi connectivity index (χ2v) is 3.70. The van der Waals surface area contributed by atoms with Crippen molar-refractivity contribution >= 4 is 29.2 Å². The Hall–Kier alpha value is -1.75. The Morgan fingerprint density at radius 2 is 2.18 bits per heavy atom. The average molecular weight is 257 g/mol. The number of hydrogen-bond donors (Lipinski definition) is 2. The van der Waals surface area contributed by atoms with E-state index < -0.39 is 5.97 Å². The Kier molecular flexibility index (Phi) is 4.78. The Balaban J connectivity index is 2.61. The van der Waals surface area contributed by atoms with Crippen LogP contribution in [0.2, 0.25) is 5.02 Å². The number of nitrogen functional groups attached to an aromatic ring is 1.